The maximum Gasteiger partial charge on any atom is 0.321 e. The lowest BCUT2D eigenvalue weighted by Gasteiger charge is -2.19. The summed E-state index contributed by atoms with van der Waals surface area (Å²) in [6.07, 6.45) is -0.102. The Morgan fingerprint density at radius 3 is 2.68 bits per heavy atom. The maximum absolute atomic E-state index is 12.0. The maximum atomic E-state index is 12.0. The molecule has 0 aliphatic carbocycles. The molecule has 1 aromatic rings. The number of nitrogens with zero attached hydrogens (tertiary/aromatic N) is 1. The topological polar surface area (TPSA) is 88.1 Å². The number of urea groups is 1. The number of hydrogen-bond donors (Lipinski definition) is 2. The number of nitrogens with one attached hydrogen (secondary N) is 1. The highest BCUT2D eigenvalue weighted by molar-refractivity contribution is 5.91. The van der Waals surface area contributed by atoms with Crippen molar-refractivity contribution in [1.82, 2.24) is 4.90 Å². The molecule has 1 aromatic carbocycles. The molecule has 7 nitrogen and oxygen atoms in total. The van der Waals surface area contributed by atoms with Crippen LogP contribution in [0.3, 0.4) is 0 Å². The van der Waals surface area contributed by atoms with Gasteiger partial charge in [0.05, 0.1) is 18.7 Å². The summed E-state index contributed by atoms with van der Waals surface area (Å²) in [5, 5.41) is 11.4. The fourth-order valence-electron chi connectivity index (χ4n) is 1.66. The van der Waals surface area contributed by atoms with Crippen LogP contribution in [0.2, 0.25) is 0 Å². The van der Waals surface area contributed by atoms with Crippen LogP contribution in [0, 0.1) is 6.92 Å². The third-order valence-corrected chi connectivity index (χ3v) is 2.93. The van der Waals surface area contributed by atoms with Gasteiger partial charge in [0.2, 0.25) is 0 Å². The second-order valence-electron chi connectivity index (χ2n) is 4.84. The first-order valence-corrected chi connectivity index (χ1v) is 6.90. The zero-order chi connectivity index (χ0) is 16.5. The van der Waals surface area contributed by atoms with Gasteiger partial charge in [-0.2, -0.15) is 0 Å². The Kier molecular flexibility index (Phi) is 7.18. The second kappa shape index (κ2) is 8.89. The molecule has 0 bridgehead atoms. The number of amides is 2. The molecule has 0 saturated heterocycles. The summed E-state index contributed by atoms with van der Waals surface area (Å²) in [5.74, 6) is -0.393. The van der Waals surface area contributed by atoms with Gasteiger partial charge < -0.3 is 24.8 Å². The van der Waals surface area contributed by atoms with E-state index in [2.05, 4.69) is 5.32 Å². The Bertz CT molecular complexity index is 519. The fourth-order valence-corrected chi connectivity index (χ4v) is 1.66. The lowest BCUT2D eigenvalue weighted by molar-refractivity contribution is -0.137. The highest BCUT2D eigenvalue weighted by Gasteiger charge is 2.13. The van der Waals surface area contributed by atoms with Crippen LogP contribution in [0.4, 0.5) is 10.5 Å². The minimum Gasteiger partial charge on any atom is -0.489 e. The molecule has 0 spiro atoms. The lowest BCUT2D eigenvalue weighted by atomic mass is 10.2. The molecule has 0 fully saturated rings. The van der Waals surface area contributed by atoms with E-state index in [1.807, 2.05) is 19.1 Å². The van der Waals surface area contributed by atoms with Crippen molar-refractivity contribution < 1.29 is 24.2 Å². The van der Waals surface area contributed by atoms with Crippen LogP contribution in [0.25, 0.3) is 0 Å². The van der Waals surface area contributed by atoms with Gasteiger partial charge in [-0.05, 0) is 24.6 Å². The third-order valence-electron chi connectivity index (χ3n) is 2.93. The first-order valence-electron chi connectivity index (χ1n) is 6.90. The van der Waals surface area contributed by atoms with Crippen molar-refractivity contribution in [3.8, 4) is 5.75 Å². The highest BCUT2D eigenvalue weighted by atomic mass is 16.5. The predicted molar refractivity (Wildman–Crippen MR) is 82.5 cm³/mol. The number of methoxy groups -OCH3 is 1. The van der Waals surface area contributed by atoms with Gasteiger partial charge in [0.1, 0.15) is 12.4 Å². The molecular weight excluding hydrogens is 288 g/mol. The standard InChI is InChI=1S/C15H22N2O5/c1-11-4-5-12(13(10-11)22-9-8-21-3)16-15(20)17(2)7-6-14(18)19/h4-5,10H,6-9H2,1-3H3,(H,16,20)(H,18,19). The van der Waals surface area contributed by atoms with E-state index in [0.717, 1.165) is 5.56 Å². The lowest BCUT2D eigenvalue weighted by Crippen LogP contribution is -2.33. The average molecular weight is 310 g/mol. The summed E-state index contributed by atoms with van der Waals surface area (Å²) in [6, 6.07) is 5.04. The molecule has 0 aromatic heterocycles. The van der Waals surface area contributed by atoms with Gasteiger partial charge in [0.25, 0.3) is 0 Å². The van der Waals surface area contributed by atoms with Gasteiger partial charge in [0, 0.05) is 20.7 Å². The minimum absolute atomic E-state index is 0.102. The molecule has 1 rings (SSSR count). The van der Waals surface area contributed by atoms with Crippen molar-refractivity contribution in [2.45, 2.75) is 13.3 Å². The van der Waals surface area contributed by atoms with Crippen LogP contribution in [0.5, 0.6) is 5.75 Å². The first kappa shape index (κ1) is 17.8. The minimum atomic E-state index is -0.946. The van der Waals surface area contributed by atoms with Crippen molar-refractivity contribution in [3.05, 3.63) is 23.8 Å². The smallest absolute Gasteiger partial charge is 0.321 e. The van der Waals surface area contributed by atoms with E-state index >= 15 is 0 Å². The van der Waals surface area contributed by atoms with Crippen LogP contribution in [0.1, 0.15) is 12.0 Å². The van der Waals surface area contributed by atoms with Gasteiger partial charge in [0.15, 0.2) is 0 Å². The van der Waals surface area contributed by atoms with Crippen LogP contribution in [0.15, 0.2) is 18.2 Å². The van der Waals surface area contributed by atoms with Crippen molar-refractivity contribution in [1.29, 1.82) is 0 Å². The van der Waals surface area contributed by atoms with Crippen molar-refractivity contribution in [2.24, 2.45) is 0 Å². The van der Waals surface area contributed by atoms with Gasteiger partial charge in [-0.15, -0.1) is 0 Å². The molecule has 0 radical (unpaired) electrons. The quantitative estimate of drug-likeness (QED) is 0.717. The summed E-state index contributed by atoms with van der Waals surface area (Å²) >= 11 is 0. The first-order chi connectivity index (χ1) is 10.4. The molecule has 0 heterocycles. The average Bonchev–Trinajstić information content (AvgIpc) is 2.47. The van der Waals surface area contributed by atoms with E-state index in [1.54, 1.807) is 13.2 Å². The molecule has 2 N–H and O–H groups in total. The molecule has 2 amide bonds. The van der Waals surface area contributed by atoms with Gasteiger partial charge >= 0.3 is 12.0 Å². The van der Waals surface area contributed by atoms with Crippen molar-refractivity contribution in [2.75, 3.05) is 39.2 Å². The Morgan fingerprint density at radius 2 is 2.05 bits per heavy atom. The van der Waals surface area contributed by atoms with Crippen molar-refractivity contribution >= 4 is 17.7 Å². The molecular formula is C15H22N2O5. The SMILES string of the molecule is COCCOc1cc(C)ccc1NC(=O)N(C)CCC(=O)O. The fraction of sp³-hybridized carbons (Fsp3) is 0.467. The van der Waals surface area contributed by atoms with Gasteiger partial charge in [-0.3, -0.25) is 4.79 Å². The molecule has 0 atom stereocenters. The largest absolute Gasteiger partial charge is 0.489 e. The summed E-state index contributed by atoms with van der Waals surface area (Å²) in [4.78, 5) is 23.9. The number of carbonyl (C=O) groups excluding carboxylic acids is 1. The van der Waals surface area contributed by atoms with E-state index in [0.29, 0.717) is 24.7 Å². The highest BCUT2D eigenvalue weighted by Crippen LogP contribution is 2.26. The number of carboxylic acid groups (broad SMARTS) is 1. The molecule has 122 valence electrons. The Labute approximate surface area is 129 Å². The number of carboxylic acids is 1. The second-order valence-corrected chi connectivity index (χ2v) is 4.84. The molecule has 0 aliphatic rings. The zero-order valence-electron chi connectivity index (χ0n) is 13.1. The number of anilines is 1. The Morgan fingerprint density at radius 1 is 1.32 bits per heavy atom. The van der Waals surface area contributed by atoms with E-state index < -0.39 is 5.97 Å². The number of benzene rings is 1. The molecule has 22 heavy (non-hydrogen) atoms. The van der Waals surface area contributed by atoms with Gasteiger partial charge in [-0.1, -0.05) is 6.07 Å². The monoisotopic (exact) mass is 310 g/mol. The van der Waals surface area contributed by atoms with Crippen molar-refractivity contribution in [3.63, 3.8) is 0 Å². The number of hydrogen-bond acceptors (Lipinski definition) is 4. The zero-order valence-corrected chi connectivity index (χ0v) is 13.1. The Hall–Kier alpha value is -2.28. The van der Waals surface area contributed by atoms with Crippen LogP contribution < -0.4 is 10.1 Å². The van der Waals surface area contributed by atoms with Crippen LogP contribution in [-0.2, 0) is 9.53 Å². The van der Waals surface area contributed by atoms with Gasteiger partial charge in [-0.25, -0.2) is 4.79 Å². The number of aryl methyl sites for hydroxylation is 1. The molecule has 7 heteroatoms. The summed E-state index contributed by atoms with van der Waals surface area (Å²) < 4.78 is 10.5. The molecule has 0 unspecified atom stereocenters. The number of ether oxygens (including phenoxy) is 2. The number of carbonyl (C=O) groups is 2. The van der Waals surface area contributed by atoms with Crippen LogP contribution in [-0.4, -0.2) is 55.9 Å². The van der Waals surface area contributed by atoms with E-state index in [4.69, 9.17) is 14.6 Å². The number of rotatable bonds is 8. The molecule has 0 aliphatic heterocycles. The summed E-state index contributed by atoms with van der Waals surface area (Å²) in [5.41, 5.74) is 1.54. The van der Waals surface area contributed by atoms with E-state index in [-0.39, 0.29) is 19.0 Å². The van der Waals surface area contributed by atoms with E-state index in [1.165, 1.54) is 11.9 Å². The Balaban J connectivity index is 2.70. The normalized spacial score (nSPS) is 10.1. The van der Waals surface area contributed by atoms with E-state index in [9.17, 15) is 9.59 Å². The molecule has 0 saturated carbocycles. The summed E-state index contributed by atoms with van der Waals surface area (Å²) in [6.45, 7) is 2.87. The summed E-state index contributed by atoms with van der Waals surface area (Å²) in [7, 11) is 3.12. The van der Waals surface area contributed by atoms with Crippen LogP contribution >= 0.6 is 0 Å². The number of aliphatic carboxylic acids is 1. The predicted octanol–water partition coefficient (Wildman–Crippen LogP) is 1.96. The third kappa shape index (κ3) is 6.01.